The number of rotatable bonds is 16. The van der Waals surface area contributed by atoms with E-state index in [1.54, 1.807) is 6.92 Å². The number of primary amides is 1. The minimum atomic E-state index is -1.16. The van der Waals surface area contributed by atoms with Crippen molar-refractivity contribution in [3.63, 3.8) is 0 Å². The van der Waals surface area contributed by atoms with Crippen molar-refractivity contribution in [2.75, 3.05) is 17.8 Å². The van der Waals surface area contributed by atoms with Gasteiger partial charge >= 0.3 is 5.97 Å². The molecule has 0 aromatic carbocycles. The van der Waals surface area contributed by atoms with E-state index in [-0.39, 0.29) is 30.9 Å². The lowest BCUT2D eigenvalue weighted by molar-refractivity contribution is -0.142. The molecule has 0 aliphatic carbocycles. The second-order valence-electron chi connectivity index (χ2n) is 7.41. The Balaban J connectivity index is 5.23. The van der Waals surface area contributed by atoms with Gasteiger partial charge in [0.15, 0.2) is 0 Å². The van der Waals surface area contributed by atoms with Gasteiger partial charge in [-0.05, 0) is 30.8 Å². The van der Waals surface area contributed by atoms with Crippen LogP contribution in [0.5, 0.6) is 0 Å². The van der Waals surface area contributed by atoms with E-state index in [1.807, 2.05) is 13.2 Å². The highest BCUT2D eigenvalue weighted by Crippen LogP contribution is 2.10. The minimum absolute atomic E-state index is 0.0204. The Kier molecular flexibility index (Phi) is 14.8. The topological polar surface area (TPSA) is 194 Å². The molecule has 0 bridgehead atoms. The average Bonchev–Trinajstić information content (AvgIpc) is 2.75. The third-order valence-electron chi connectivity index (χ3n) is 4.87. The van der Waals surface area contributed by atoms with Gasteiger partial charge in [0.05, 0.1) is 6.04 Å². The van der Waals surface area contributed by atoms with Crippen molar-refractivity contribution in [3.8, 4) is 0 Å². The van der Waals surface area contributed by atoms with Crippen LogP contribution in [0.3, 0.4) is 0 Å². The third kappa shape index (κ3) is 11.0. The number of amides is 4. The zero-order valence-electron chi connectivity index (χ0n) is 18.6. The largest absolute Gasteiger partial charge is 0.480 e. The third-order valence-corrected chi connectivity index (χ3v) is 5.88. The lowest BCUT2D eigenvalue weighted by Crippen LogP contribution is -2.59. The number of aliphatic carboxylic acids is 1. The van der Waals surface area contributed by atoms with Crippen LogP contribution in [0.15, 0.2) is 0 Å². The first-order valence-electron chi connectivity index (χ1n) is 10.3. The molecule has 32 heavy (non-hydrogen) atoms. The van der Waals surface area contributed by atoms with Gasteiger partial charge in [-0.2, -0.15) is 24.4 Å². The second-order valence-corrected chi connectivity index (χ2v) is 8.76. The van der Waals surface area contributed by atoms with Gasteiger partial charge in [0.25, 0.3) is 0 Å². The van der Waals surface area contributed by atoms with Gasteiger partial charge in [0.1, 0.15) is 18.1 Å². The molecule has 0 aliphatic rings. The number of carbonyl (C=O) groups excluding carboxylic acids is 4. The molecule has 184 valence electrons. The Morgan fingerprint density at radius 1 is 1.00 bits per heavy atom. The summed E-state index contributed by atoms with van der Waals surface area (Å²) in [5.41, 5.74) is 10.8. The molecular weight excluding hydrogens is 458 g/mol. The van der Waals surface area contributed by atoms with Crippen LogP contribution in [-0.4, -0.2) is 76.6 Å². The van der Waals surface area contributed by atoms with Crippen molar-refractivity contribution in [1.82, 2.24) is 16.0 Å². The van der Waals surface area contributed by atoms with Crippen LogP contribution in [0.1, 0.15) is 39.5 Å². The second kappa shape index (κ2) is 15.8. The van der Waals surface area contributed by atoms with Gasteiger partial charge in [-0.1, -0.05) is 20.3 Å². The van der Waals surface area contributed by atoms with Gasteiger partial charge in [-0.3, -0.25) is 19.2 Å². The quantitative estimate of drug-likeness (QED) is 0.131. The van der Waals surface area contributed by atoms with Crippen LogP contribution in [0.25, 0.3) is 0 Å². The van der Waals surface area contributed by atoms with Gasteiger partial charge in [0.2, 0.25) is 23.6 Å². The number of nitrogens with one attached hydrogen (secondary N) is 3. The number of nitrogens with two attached hydrogens (primary N) is 2. The number of hydrogen-bond donors (Lipinski definition) is 7. The molecule has 0 saturated carbocycles. The molecule has 0 radical (unpaired) electrons. The van der Waals surface area contributed by atoms with E-state index >= 15 is 0 Å². The first-order valence-corrected chi connectivity index (χ1v) is 12.3. The van der Waals surface area contributed by atoms with Crippen molar-refractivity contribution >= 4 is 54.0 Å². The van der Waals surface area contributed by atoms with Crippen LogP contribution >= 0.6 is 24.4 Å². The lowest BCUT2D eigenvalue weighted by Gasteiger charge is -2.27. The molecule has 4 amide bonds. The summed E-state index contributed by atoms with van der Waals surface area (Å²) in [6, 6.07) is -4.22. The molecule has 0 aromatic heterocycles. The summed E-state index contributed by atoms with van der Waals surface area (Å²) in [4.78, 5) is 60.0. The fraction of sp³-hybridized carbons (Fsp3) is 0.737. The Morgan fingerprint density at radius 2 is 1.59 bits per heavy atom. The van der Waals surface area contributed by atoms with Crippen molar-refractivity contribution < 1.29 is 29.1 Å². The number of carboxylic acid groups (broad SMARTS) is 1. The van der Waals surface area contributed by atoms with Gasteiger partial charge in [-0.25, -0.2) is 4.79 Å². The molecule has 0 aromatic rings. The van der Waals surface area contributed by atoms with Crippen molar-refractivity contribution in [1.29, 1.82) is 0 Å². The van der Waals surface area contributed by atoms with Crippen molar-refractivity contribution in [2.24, 2.45) is 17.4 Å². The number of carboxylic acids is 1. The molecule has 0 rings (SSSR count). The van der Waals surface area contributed by atoms with Crippen LogP contribution in [0.4, 0.5) is 0 Å². The maximum absolute atomic E-state index is 12.8. The maximum Gasteiger partial charge on any atom is 0.326 e. The summed E-state index contributed by atoms with van der Waals surface area (Å²) in [6.45, 7) is 3.57. The summed E-state index contributed by atoms with van der Waals surface area (Å²) in [5.74, 6) is -3.53. The molecule has 0 saturated heterocycles. The Hall–Kier alpha value is -1.99. The minimum Gasteiger partial charge on any atom is -0.480 e. The predicted octanol–water partition coefficient (Wildman–Crippen LogP) is -1.15. The van der Waals surface area contributed by atoms with E-state index in [0.29, 0.717) is 12.2 Å². The number of carbonyl (C=O) groups is 5. The fourth-order valence-corrected chi connectivity index (χ4v) is 3.34. The van der Waals surface area contributed by atoms with Crippen LogP contribution in [-0.2, 0) is 24.0 Å². The summed E-state index contributed by atoms with van der Waals surface area (Å²) in [6.07, 6.45) is 2.55. The number of thioether (sulfide) groups is 1. The molecule has 0 fully saturated rings. The molecule has 11 nitrogen and oxygen atoms in total. The van der Waals surface area contributed by atoms with E-state index in [2.05, 4.69) is 28.6 Å². The van der Waals surface area contributed by atoms with E-state index in [9.17, 15) is 29.1 Å². The molecule has 0 heterocycles. The fourth-order valence-electron chi connectivity index (χ4n) is 2.61. The first-order chi connectivity index (χ1) is 15.0. The Morgan fingerprint density at radius 3 is 2.06 bits per heavy atom. The zero-order valence-corrected chi connectivity index (χ0v) is 20.3. The van der Waals surface area contributed by atoms with Crippen molar-refractivity contribution in [2.45, 2.75) is 63.7 Å². The maximum atomic E-state index is 12.8. The summed E-state index contributed by atoms with van der Waals surface area (Å²) in [5, 5.41) is 16.9. The molecule has 5 unspecified atom stereocenters. The van der Waals surface area contributed by atoms with Gasteiger partial charge < -0.3 is 32.5 Å². The molecule has 13 heteroatoms. The van der Waals surface area contributed by atoms with Crippen LogP contribution in [0, 0.1) is 5.92 Å². The zero-order chi connectivity index (χ0) is 24.8. The Labute approximate surface area is 198 Å². The van der Waals surface area contributed by atoms with Gasteiger partial charge in [0, 0.05) is 12.2 Å². The standard InChI is InChI=1S/C19H35N5O6S2/c1-4-10(2)15(18(28)22-12(19(29)30)7-8-32-3)24-17(27)13(9-31)23-16(26)11(20)5-6-14(21)25/h10-13,15,31H,4-9,20H2,1-3H3,(H2,21,25)(H,22,28)(H,23,26)(H,24,27)(H,29,30). The predicted molar refractivity (Wildman–Crippen MR) is 126 cm³/mol. The molecule has 8 N–H and O–H groups in total. The SMILES string of the molecule is CCC(C)C(NC(=O)C(CS)NC(=O)C(N)CCC(N)=O)C(=O)NC(CCSC)C(=O)O. The van der Waals surface area contributed by atoms with Crippen LogP contribution in [0.2, 0.25) is 0 Å². The number of thiol groups is 1. The van der Waals surface area contributed by atoms with E-state index < -0.39 is 53.8 Å². The average molecular weight is 494 g/mol. The van der Waals surface area contributed by atoms with E-state index in [4.69, 9.17) is 11.5 Å². The highest BCUT2D eigenvalue weighted by molar-refractivity contribution is 7.98. The highest BCUT2D eigenvalue weighted by atomic mass is 32.2. The highest BCUT2D eigenvalue weighted by Gasteiger charge is 2.32. The normalized spacial score (nSPS) is 15.5. The smallest absolute Gasteiger partial charge is 0.326 e. The summed E-state index contributed by atoms with van der Waals surface area (Å²) >= 11 is 5.54. The summed E-state index contributed by atoms with van der Waals surface area (Å²) in [7, 11) is 0. The van der Waals surface area contributed by atoms with E-state index in [0.717, 1.165) is 0 Å². The van der Waals surface area contributed by atoms with Crippen molar-refractivity contribution in [3.05, 3.63) is 0 Å². The lowest BCUT2D eigenvalue weighted by atomic mass is 9.97. The summed E-state index contributed by atoms with van der Waals surface area (Å²) < 4.78 is 0. The molecule has 0 aliphatic heterocycles. The Bertz CT molecular complexity index is 666. The molecule has 5 atom stereocenters. The van der Waals surface area contributed by atoms with Gasteiger partial charge in [-0.15, -0.1) is 0 Å². The molecular formula is C19H35N5O6S2. The first kappa shape index (κ1) is 30.0. The van der Waals surface area contributed by atoms with E-state index in [1.165, 1.54) is 11.8 Å². The number of hydrogen-bond acceptors (Lipinski definition) is 8. The van der Waals surface area contributed by atoms with Crippen LogP contribution < -0.4 is 27.4 Å². The molecule has 0 spiro atoms. The monoisotopic (exact) mass is 493 g/mol.